The Balaban J connectivity index is 1.79. The number of benzene rings is 3. The fourth-order valence-corrected chi connectivity index (χ4v) is 2.13. The summed E-state index contributed by atoms with van der Waals surface area (Å²) in [6, 6.07) is 23.8. The van der Waals surface area contributed by atoms with Gasteiger partial charge in [0.05, 0.1) is 0 Å². The summed E-state index contributed by atoms with van der Waals surface area (Å²) < 4.78 is 16.8. The van der Waals surface area contributed by atoms with E-state index in [4.69, 9.17) is 14.2 Å². The minimum absolute atomic E-state index is 0.374. The van der Waals surface area contributed by atoms with E-state index in [1.165, 1.54) is 6.92 Å². The predicted molar refractivity (Wildman–Crippen MR) is 90.8 cm³/mol. The molecule has 0 aliphatic carbocycles. The summed E-state index contributed by atoms with van der Waals surface area (Å²) in [6.07, 6.45) is 0. The van der Waals surface area contributed by atoms with Gasteiger partial charge < -0.3 is 14.2 Å². The van der Waals surface area contributed by atoms with Gasteiger partial charge >= 0.3 is 5.97 Å². The van der Waals surface area contributed by atoms with E-state index in [9.17, 15) is 4.79 Å². The Morgan fingerprint density at radius 3 is 1.96 bits per heavy atom. The van der Waals surface area contributed by atoms with Crippen molar-refractivity contribution < 1.29 is 19.0 Å². The third kappa shape index (κ3) is 4.14. The number of ether oxygens (including phenoxy) is 3. The van der Waals surface area contributed by atoms with Gasteiger partial charge in [-0.2, -0.15) is 0 Å². The molecule has 0 unspecified atom stereocenters. The zero-order valence-corrected chi connectivity index (χ0v) is 13.1. The van der Waals surface area contributed by atoms with Crippen LogP contribution in [-0.2, 0) is 4.79 Å². The van der Waals surface area contributed by atoms with Crippen LogP contribution in [0.25, 0.3) is 0 Å². The number of rotatable bonds is 5. The second-order valence-corrected chi connectivity index (χ2v) is 5.03. The number of esters is 1. The van der Waals surface area contributed by atoms with Crippen molar-refractivity contribution in [3.63, 3.8) is 0 Å². The molecule has 0 atom stereocenters. The average molecular weight is 320 g/mol. The lowest BCUT2D eigenvalue weighted by atomic mass is 10.3. The third-order valence-electron chi connectivity index (χ3n) is 3.12. The van der Waals surface area contributed by atoms with Gasteiger partial charge in [0.1, 0.15) is 17.2 Å². The van der Waals surface area contributed by atoms with Crippen LogP contribution in [0.3, 0.4) is 0 Å². The minimum atomic E-state index is -0.396. The van der Waals surface area contributed by atoms with Gasteiger partial charge in [0.15, 0.2) is 11.5 Å². The smallest absolute Gasteiger partial charge is 0.308 e. The number of hydrogen-bond donors (Lipinski definition) is 0. The molecule has 3 aromatic carbocycles. The Hall–Kier alpha value is -3.27. The van der Waals surface area contributed by atoms with Crippen LogP contribution in [0.1, 0.15) is 6.92 Å². The zero-order chi connectivity index (χ0) is 16.8. The lowest BCUT2D eigenvalue weighted by Gasteiger charge is -2.11. The molecule has 0 bridgehead atoms. The Morgan fingerprint density at radius 2 is 1.25 bits per heavy atom. The topological polar surface area (TPSA) is 44.8 Å². The van der Waals surface area contributed by atoms with Crippen molar-refractivity contribution in [1.82, 2.24) is 0 Å². The molecule has 0 heterocycles. The maximum atomic E-state index is 11.2. The molecule has 0 N–H and O–H groups in total. The van der Waals surface area contributed by atoms with Gasteiger partial charge in [-0.25, -0.2) is 0 Å². The summed E-state index contributed by atoms with van der Waals surface area (Å²) >= 11 is 0. The fraction of sp³-hybridized carbons (Fsp3) is 0.0500. The molecule has 4 nitrogen and oxygen atoms in total. The van der Waals surface area contributed by atoms with Crippen molar-refractivity contribution in [2.24, 2.45) is 0 Å². The molecule has 0 aliphatic heterocycles. The van der Waals surface area contributed by atoms with Gasteiger partial charge in [0, 0.05) is 13.0 Å². The first-order valence-corrected chi connectivity index (χ1v) is 7.49. The highest BCUT2D eigenvalue weighted by atomic mass is 16.6. The SMILES string of the molecule is CC(=O)Oc1ccccc1Oc1cccc(Oc2ccccc2)c1. The summed E-state index contributed by atoms with van der Waals surface area (Å²) in [4.78, 5) is 11.2. The lowest BCUT2D eigenvalue weighted by molar-refractivity contribution is -0.131. The quantitative estimate of drug-likeness (QED) is 0.479. The Labute approximate surface area is 140 Å². The second-order valence-electron chi connectivity index (χ2n) is 5.03. The molecule has 3 aromatic rings. The normalized spacial score (nSPS) is 10.0. The summed E-state index contributed by atoms with van der Waals surface area (Å²) in [7, 11) is 0. The Kier molecular flexibility index (Phi) is 4.77. The molecule has 0 aliphatic rings. The van der Waals surface area contributed by atoms with E-state index in [2.05, 4.69) is 0 Å². The largest absolute Gasteiger partial charge is 0.457 e. The minimum Gasteiger partial charge on any atom is -0.457 e. The van der Waals surface area contributed by atoms with Crippen molar-refractivity contribution in [2.45, 2.75) is 6.92 Å². The first-order chi connectivity index (χ1) is 11.7. The molecule has 0 fully saturated rings. The maximum Gasteiger partial charge on any atom is 0.308 e. The number of carbonyl (C=O) groups is 1. The van der Waals surface area contributed by atoms with Crippen LogP contribution >= 0.6 is 0 Å². The van der Waals surface area contributed by atoms with E-state index in [1.807, 2.05) is 54.6 Å². The first-order valence-electron chi connectivity index (χ1n) is 7.49. The van der Waals surface area contributed by atoms with Crippen LogP contribution in [-0.4, -0.2) is 5.97 Å². The van der Waals surface area contributed by atoms with Gasteiger partial charge in [-0.05, 0) is 36.4 Å². The highest BCUT2D eigenvalue weighted by Crippen LogP contribution is 2.33. The third-order valence-corrected chi connectivity index (χ3v) is 3.12. The van der Waals surface area contributed by atoms with Crippen molar-refractivity contribution >= 4 is 5.97 Å². The van der Waals surface area contributed by atoms with E-state index < -0.39 is 5.97 Å². The van der Waals surface area contributed by atoms with Crippen LogP contribution in [0.15, 0.2) is 78.9 Å². The van der Waals surface area contributed by atoms with E-state index in [1.54, 1.807) is 24.3 Å². The molecule has 0 aromatic heterocycles. The standard InChI is InChI=1S/C20H16O4/c1-15(21)22-19-12-5-6-13-20(19)24-18-11-7-10-17(14-18)23-16-8-3-2-4-9-16/h2-14H,1H3. The van der Waals surface area contributed by atoms with Crippen molar-refractivity contribution in [3.05, 3.63) is 78.9 Å². The average Bonchev–Trinajstić information content (AvgIpc) is 2.57. The summed E-state index contributed by atoms with van der Waals surface area (Å²) in [5.41, 5.74) is 0. The second kappa shape index (κ2) is 7.33. The van der Waals surface area contributed by atoms with Gasteiger partial charge in [0.25, 0.3) is 0 Å². The van der Waals surface area contributed by atoms with Crippen molar-refractivity contribution in [1.29, 1.82) is 0 Å². The molecule has 3 rings (SSSR count). The first kappa shape index (κ1) is 15.6. The lowest BCUT2D eigenvalue weighted by Crippen LogP contribution is -2.02. The summed E-state index contributed by atoms with van der Waals surface area (Å²) in [6.45, 7) is 1.35. The Bertz CT molecular complexity index is 828. The molecule has 120 valence electrons. The molecule has 0 radical (unpaired) electrons. The van der Waals surface area contributed by atoms with E-state index >= 15 is 0 Å². The highest BCUT2D eigenvalue weighted by molar-refractivity contribution is 5.70. The molecule has 0 spiro atoms. The monoisotopic (exact) mass is 320 g/mol. The van der Waals surface area contributed by atoms with Crippen LogP contribution in [0, 0.1) is 0 Å². The molecule has 0 amide bonds. The fourth-order valence-electron chi connectivity index (χ4n) is 2.13. The number of carbonyl (C=O) groups excluding carboxylic acids is 1. The van der Waals surface area contributed by atoms with Gasteiger partial charge in [-0.3, -0.25) is 4.79 Å². The van der Waals surface area contributed by atoms with Crippen LogP contribution in [0.5, 0.6) is 28.7 Å². The van der Waals surface area contributed by atoms with Crippen LogP contribution in [0.2, 0.25) is 0 Å². The number of para-hydroxylation sites is 3. The van der Waals surface area contributed by atoms with E-state index in [0.29, 0.717) is 23.0 Å². The van der Waals surface area contributed by atoms with Crippen molar-refractivity contribution in [2.75, 3.05) is 0 Å². The molecule has 0 saturated carbocycles. The molecule has 0 saturated heterocycles. The summed E-state index contributed by atoms with van der Waals surface area (Å²) in [5, 5.41) is 0. The van der Waals surface area contributed by atoms with Crippen LogP contribution in [0.4, 0.5) is 0 Å². The number of hydrogen-bond acceptors (Lipinski definition) is 4. The maximum absolute atomic E-state index is 11.2. The Morgan fingerprint density at radius 1 is 0.667 bits per heavy atom. The molecule has 24 heavy (non-hydrogen) atoms. The van der Waals surface area contributed by atoms with Crippen LogP contribution < -0.4 is 14.2 Å². The predicted octanol–water partition coefficient (Wildman–Crippen LogP) is 5.20. The van der Waals surface area contributed by atoms with E-state index in [0.717, 1.165) is 5.75 Å². The van der Waals surface area contributed by atoms with E-state index in [-0.39, 0.29) is 0 Å². The zero-order valence-electron chi connectivity index (χ0n) is 13.1. The molecular formula is C20H16O4. The summed E-state index contributed by atoms with van der Waals surface area (Å²) in [5.74, 6) is 2.43. The molecule has 4 heteroatoms. The highest BCUT2D eigenvalue weighted by Gasteiger charge is 2.08. The molecular weight excluding hydrogens is 304 g/mol. The van der Waals surface area contributed by atoms with Gasteiger partial charge in [-0.15, -0.1) is 0 Å². The van der Waals surface area contributed by atoms with Crippen molar-refractivity contribution in [3.8, 4) is 28.7 Å². The van der Waals surface area contributed by atoms with Gasteiger partial charge in [0.2, 0.25) is 0 Å². The van der Waals surface area contributed by atoms with Gasteiger partial charge in [-0.1, -0.05) is 36.4 Å².